The maximum atomic E-state index is 11.8. The van der Waals surface area contributed by atoms with Crippen LogP contribution in [0.25, 0.3) is 0 Å². The topological polar surface area (TPSA) is 49.7 Å². The van der Waals surface area contributed by atoms with Crippen LogP contribution in [0.15, 0.2) is 23.1 Å². The molecule has 1 aromatic rings. The van der Waals surface area contributed by atoms with Crippen LogP contribution in [0.3, 0.4) is 0 Å². The molecule has 0 aliphatic rings. The number of rotatable bonds is 2. The highest BCUT2D eigenvalue weighted by molar-refractivity contribution is 7.80. The minimum Gasteiger partial charge on any atom is -0.423 e. The fourth-order valence-corrected chi connectivity index (χ4v) is 1.19. The maximum Gasteiger partial charge on any atom is 0.573 e. The SMILES string of the molecule is OB(O)c1cc(OC(F)(F)F)ccc1S. The number of thiol groups is 1. The zero-order chi connectivity index (χ0) is 11.6. The Hall–Kier alpha value is -0.855. The molecule has 1 rings (SSSR count). The summed E-state index contributed by atoms with van der Waals surface area (Å²) >= 11 is 3.84. The Kier molecular flexibility index (Phi) is 3.53. The second-order valence-corrected chi connectivity index (χ2v) is 3.12. The van der Waals surface area contributed by atoms with Gasteiger partial charge in [-0.05, 0) is 23.7 Å². The van der Waals surface area contributed by atoms with Crippen LogP contribution in [0.2, 0.25) is 0 Å². The minimum atomic E-state index is -4.81. The van der Waals surface area contributed by atoms with Crippen LogP contribution in [-0.2, 0) is 0 Å². The van der Waals surface area contributed by atoms with Crippen molar-refractivity contribution in [3.05, 3.63) is 18.2 Å². The van der Waals surface area contributed by atoms with Gasteiger partial charge in [0, 0.05) is 4.90 Å². The summed E-state index contributed by atoms with van der Waals surface area (Å²) in [6, 6.07) is 3.07. The van der Waals surface area contributed by atoms with Crippen LogP contribution in [0.1, 0.15) is 0 Å². The number of hydrogen-bond donors (Lipinski definition) is 3. The van der Waals surface area contributed by atoms with E-state index >= 15 is 0 Å². The molecule has 0 spiro atoms. The van der Waals surface area contributed by atoms with Crippen molar-refractivity contribution in [1.82, 2.24) is 0 Å². The third kappa shape index (κ3) is 3.65. The quantitative estimate of drug-likeness (QED) is 0.521. The van der Waals surface area contributed by atoms with E-state index in [1.807, 2.05) is 0 Å². The summed E-state index contributed by atoms with van der Waals surface area (Å²) in [5, 5.41) is 17.6. The van der Waals surface area contributed by atoms with Gasteiger partial charge in [0.2, 0.25) is 0 Å². The second-order valence-electron chi connectivity index (χ2n) is 2.64. The first kappa shape index (κ1) is 12.2. The largest absolute Gasteiger partial charge is 0.573 e. The molecule has 82 valence electrons. The Balaban J connectivity index is 2.98. The number of ether oxygens (including phenoxy) is 1. The molecule has 0 atom stereocenters. The van der Waals surface area contributed by atoms with Crippen LogP contribution < -0.4 is 10.2 Å². The number of alkyl halides is 3. The van der Waals surface area contributed by atoms with Crippen LogP contribution in [0, 0.1) is 0 Å². The third-order valence-corrected chi connectivity index (χ3v) is 1.92. The molecule has 8 heteroatoms. The molecular formula is C7H6BF3O3S. The van der Waals surface area contributed by atoms with Crippen molar-refractivity contribution < 1.29 is 28.0 Å². The highest BCUT2D eigenvalue weighted by Gasteiger charge is 2.31. The molecule has 0 aromatic heterocycles. The van der Waals surface area contributed by atoms with Crippen LogP contribution >= 0.6 is 12.6 Å². The van der Waals surface area contributed by atoms with E-state index in [2.05, 4.69) is 17.4 Å². The lowest BCUT2D eigenvalue weighted by Gasteiger charge is -2.11. The van der Waals surface area contributed by atoms with Crippen molar-refractivity contribution in [2.45, 2.75) is 11.3 Å². The molecule has 0 fully saturated rings. The first-order valence-corrected chi connectivity index (χ1v) is 4.19. The van der Waals surface area contributed by atoms with Gasteiger partial charge in [0.25, 0.3) is 0 Å². The van der Waals surface area contributed by atoms with Gasteiger partial charge in [-0.2, -0.15) is 0 Å². The summed E-state index contributed by atoms with van der Waals surface area (Å²) in [5.41, 5.74) is -0.153. The summed E-state index contributed by atoms with van der Waals surface area (Å²) in [6.07, 6.45) is -4.81. The molecule has 0 amide bonds. The Bertz CT molecular complexity index is 356. The second kappa shape index (κ2) is 4.34. The van der Waals surface area contributed by atoms with Gasteiger partial charge in [-0.25, -0.2) is 0 Å². The fraction of sp³-hybridized carbons (Fsp3) is 0.143. The van der Waals surface area contributed by atoms with E-state index in [0.717, 1.165) is 12.1 Å². The van der Waals surface area contributed by atoms with E-state index in [9.17, 15) is 13.2 Å². The lowest BCUT2D eigenvalue weighted by atomic mass is 9.80. The Labute approximate surface area is 89.0 Å². The van der Waals surface area contributed by atoms with Crippen molar-refractivity contribution in [2.75, 3.05) is 0 Å². The molecule has 15 heavy (non-hydrogen) atoms. The molecule has 1 aromatic carbocycles. The Morgan fingerprint density at radius 1 is 1.27 bits per heavy atom. The van der Waals surface area contributed by atoms with Gasteiger partial charge < -0.3 is 14.8 Å². The lowest BCUT2D eigenvalue weighted by molar-refractivity contribution is -0.274. The van der Waals surface area contributed by atoms with Gasteiger partial charge in [-0.1, -0.05) is 0 Å². The molecule has 3 nitrogen and oxygen atoms in total. The average molecular weight is 238 g/mol. The summed E-state index contributed by atoms with van der Waals surface area (Å²) in [6.45, 7) is 0. The van der Waals surface area contributed by atoms with Crippen LogP contribution in [0.5, 0.6) is 5.75 Å². The maximum absolute atomic E-state index is 11.8. The number of hydrogen-bond acceptors (Lipinski definition) is 4. The minimum absolute atomic E-state index is 0.153. The van der Waals surface area contributed by atoms with Crippen LogP contribution in [0.4, 0.5) is 13.2 Å². The summed E-state index contributed by atoms with van der Waals surface area (Å²) in [4.78, 5) is 0.166. The summed E-state index contributed by atoms with van der Waals surface area (Å²) in [7, 11) is -1.89. The normalized spacial score (nSPS) is 11.3. The average Bonchev–Trinajstić information content (AvgIpc) is 2.05. The van der Waals surface area contributed by atoms with Gasteiger partial charge in [-0.3, -0.25) is 0 Å². The van der Waals surface area contributed by atoms with E-state index in [1.54, 1.807) is 0 Å². The molecule has 0 aliphatic heterocycles. The zero-order valence-corrected chi connectivity index (χ0v) is 8.09. The highest BCUT2D eigenvalue weighted by Crippen LogP contribution is 2.22. The molecule has 0 radical (unpaired) electrons. The smallest absolute Gasteiger partial charge is 0.423 e. The fourth-order valence-electron chi connectivity index (χ4n) is 0.937. The van der Waals surface area contributed by atoms with Gasteiger partial charge in [0.15, 0.2) is 0 Å². The third-order valence-electron chi connectivity index (χ3n) is 1.51. The Morgan fingerprint density at radius 2 is 1.87 bits per heavy atom. The lowest BCUT2D eigenvalue weighted by Crippen LogP contribution is -2.31. The van der Waals surface area contributed by atoms with Crippen molar-refractivity contribution in [3.8, 4) is 5.75 Å². The van der Waals surface area contributed by atoms with Crippen LogP contribution in [-0.4, -0.2) is 23.5 Å². The van der Waals surface area contributed by atoms with Gasteiger partial charge >= 0.3 is 13.5 Å². The van der Waals surface area contributed by atoms with E-state index in [0.29, 0.717) is 0 Å². The highest BCUT2D eigenvalue weighted by atomic mass is 32.1. The predicted octanol–water partition coefficient (Wildman–Crippen LogP) is 0.554. The number of halogens is 3. The van der Waals surface area contributed by atoms with E-state index in [-0.39, 0.29) is 10.4 Å². The van der Waals surface area contributed by atoms with Gasteiger partial charge in [-0.15, -0.1) is 25.8 Å². The monoisotopic (exact) mass is 238 g/mol. The molecule has 0 heterocycles. The molecule has 0 bridgehead atoms. The van der Waals surface area contributed by atoms with Gasteiger partial charge in [0.1, 0.15) is 5.75 Å². The van der Waals surface area contributed by atoms with Crippen molar-refractivity contribution >= 4 is 25.2 Å². The Morgan fingerprint density at radius 3 is 2.33 bits per heavy atom. The van der Waals surface area contributed by atoms with Gasteiger partial charge in [0.05, 0.1) is 0 Å². The predicted molar refractivity (Wildman–Crippen MR) is 50.2 cm³/mol. The molecule has 2 N–H and O–H groups in total. The molecule has 0 saturated carbocycles. The zero-order valence-electron chi connectivity index (χ0n) is 7.19. The molecule has 0 unspecified atom stereocenters. The standard InChI is InChI=1S/C7H6BF3O3S/c9-7(10,11)14-4-1-2-6(15)5(3-4)8(12)13/h1-3,12-13,15H. The van der Waals surface area contributed by atoms with Crippen molar-refractivity contribution in [1.29, 1.82) is 0 Å². The van der Waals surface area contributed by atoms with E-state index in [4.69, 9.17) is 10.0 Å². The number of benzene rings is 1. The molecule has 0 saturated heterocycles. The first-order valence-electron chi connectivity index (χ1n) is 3.74. The van der Waals surface area contributed by atoms with E-state index in [1.165, 1.54) is 6.07 Å². The molecular weight excluding hydrogens is 232 g/mol. The molecule has 0 aliphatic carbocycles. The summed E-state index contributed by atoms with van der Waals surface area (Å²) in [5.74, 6) is -0.525. The van der Waals surface area contributed by atoms with E-state index < -0.39 is 19.2 Å². The van der Waals surface area contributed by atoms with Crippen molar-refractivity contribution in [3.63, 3.8) is 0 Å². The van der Waals surface area contributed by atoms with Crippen molar-refractivity contribution in [2.24, 2.45) is 0 Å². The first-order chi connectivity index (χ1) is 6.79. The summed E-state index contributed by atoms with van der Waals surface area (Å²) < 4.78 is 39.0.